The Morgan fingerprint density at radius 2 is 2.00 bits per heavy atom. The third-order valence-electron chi connectivity index (χ3n) is 6.16. The molecule has 4 atom stereocenters. The number of methoxy groups -OCH3 is 1. The Morgan fingerprint density at radius 1 is 1.29 bits per heavy atom. The molecule has 2 heterocycles. The molecule has 166 valence electrons. The van der Waals surface area contributed by atoms with Crippen LogP contribution in [0.5, 0.6) is 5.75 Å². The van der Waals surface area contributed by atoms with E-state index < -0.39 is 29.2 Å². The molecule has 1 unspecified atom stereocenters. The second-order valence-corrected chi connectivity index (χ2v) is 7.69. The molecule has 0 bridgehead atoms. The summed E-state index contributed by atoms with van der Waals surface area (Å²) >= 11 is 0. The first-order chi connectivity index (χ1) is 14.9. The summed E-state index contributed by atoms with van der Waals surface area (Å²) in [5.74, 6) is 0.375. The summed E-state index contributed by atoms with van der Waals surface area (Å²) < 4.78 is 13.7. The first-order valence-electron chi connectivity index (χ1n) is 10.2. The van der Waals surface area contributed by atoms with Gasteiger partial charge in [0, 0.05) is 29.6 Å². The fraction of sp³-hybridized carbons (Fsp3) is 0.524. The van der Waals surface area contributed by atoms with Gasteiger partial charge in [0.25, 0.3) is 5.56 Å². The number of rotatable bonds is 8. The minimum absolute atomic E-state index is 0.0800. The van der Waals surface area contributed by atoms with E-state index in [4.69, 9.17) is 15.0 Å². The van der Waals surface area contributed by atoms with Crippen molar-refractivity contribution in [1.29, 1.82) is 0 Å². The lowest BCUT2D eigenvalue weighted by atomic mass is 9.82. The maximum Gasteiger partial charge on any atom is 0.333 e. The van der Waals surface area contributed by atoms with Gasteiger partial charge in [-0.15, -0.1) is 0 Å². The summed E-state index contributed by atoms with van der Waals surface area (Å²) in [5, 5.41) is 14.5. The van der Waals surface area contributed by atoms with Crippen LogP contribution in [0.25, 0.3) is 10.4 Å². The normalized spacial score (nSPS) is 25.2. The first-order valence-corrected chi connectivity index (χ1v) is 10.2. The summed E-state index contributed by atoms with van der Waals surface area (Å²) in [6, 6.07) is 8.36. The quantitative estimate of drug-likeness (QED) is 0.391. The van der Waals surface area contributed by atoms with Crippen molar-refractivity contribution in [3.63, 3.8) is 0 Å². The Bertz CT molecular complexity index is 1070. The minimum Gasteiger partial charge on any atom is -0.497 e. The molecule has 0 radical (unpaired) electrons. The highest BCUT2D eigenvalue weighted by molar-refractivity contribution is 5.27. The van der Waals surface area contributed by atoms with Gasteiger partial charge in [-0.05, 0) is 36.1 Å². The topological polar surface area (TPSA) is 131 Å². The molecular weight excluding hydrogens is 402 g/mol. The fourth-order valence-corrected chi connectivity index (χ4v) is 4.13. The molecule has 0 amide bonds. The maximum absolute atomic E-state index is 13.2. The molecule has 10 heteroatoms. The van der Waals surface area contributed by atoms with Gasteiger partial charge in [0.05, 0.1) is 19.3 Å². The van der Waals surface area contributed by atoms with E-state index in [1.807, 2.05) is 13.8 Å². The first kappa shape index (κ1) is 22.6. The number of aliphatic hydroxyl groups is 1. The van der Waals surface area contributed by atoms with Gasteiger partial charge < -0.3 is 14.6 Å². The van der Waals surface area contributed by atoms with E-state index in [9.17, 15) is 14.7 Å². The monoisotopic (exact) mass is 429 g/mol. The SMILES string of the molecule is CC[C@@]1(CCN=[N+]=[N-])O[C@@H](n2ccc(=O)n(Cc3ccc(OC)cc3)c2=O)C(O)[C@H]1C. The predicted molar refractivity (Wildman–Crippen MR) is 114 cm³/mol. The van der Waals surface area contributed by atoms with Crippen molar-refractivity contribution >= 4 is 0 Å². The second-order valence-electron chi connectivity index (χ2n) is 7.69. The summed E-state index contributed by atoms with van der Waals surface area (Å²) in [4.78, 5) is 28.3. The molecule has 1 aromatic heterocycles. The van der Waals surface area contributed by atoms with Gasteiger partial charge in [0.1, 0.15) is 11.9 Å². The van der Waals surface area contributed by atoms with Crippen molar-refractivity contribution in [2.75, 3.05) is 13.7 Å². The van der Waals surface area contributed by atoms with Crippen LogP contribution < -0.4 is 16.0 Å². The molecule has 1 aliphatic rings. The zero-order chi connectivity index (χ0) is 22.6. The van der Waals surface area contributed by atoms with E-state index in [1.165, 1.54) is 16.8 Å². The van der Waals surface area contributed by atoms with Crippen LogP contribution in [0.2, 0.25) is 0 Å². The van der Waals surface area contributed by atoms with Gasteiger partial charge in [-0.25, -0.2) is 4.79 Å². The summed E-state index contributed by atoms with van der Waals surface area (Å²) in [7, 11) is 1.56. The van der Waals surface area contributed by atoms with E-state index in [-0.39, 0.29) is 19.0 Å². The molecule has 1 N–H and O–H groups in total. The highest BCUT2D eigenvalue weighted by Crippen LogP contribution is 2.45. The Morgan fingerprint density at radius 3 is 2.61 bits per heavy atom. The number of aliphatic hydroxyl groups excluding tert-OH is 1. The molecule has 0 saturated carbocycles. The molecule has 0 aliphatic carbocycles. The number of aromatic nitrogens is 2. The van der Waals surface area contributed by atoms with Gasteiger partial charge in [0.2, 0.25) is 0 Å². The Hall–Kier alpha value is -3.07. The zero-order valence-corrected chi connectivity index (χ0v) is 17.8. The van der Waals surface area contributed by atoms with Crippen molar-refractivity contribution in [2.24, 2.45) is 11.0 Å². The van der Waals surface area contributed by atoms with Crippen molar-refractivity contribution < 1.29 is 14.6 Å². The predicted octanol–water partition coefficient (Wildman–Crippen LogP) is 2.44. The Balaban J connectivity index is 1.94. The van der Waals surface area contributed by atoms with Crippen LogP contribution in [-0.4, -0.2) is 39.6 Å². The summed E-state index contributed by atoms with van der Waals surface area (Å²) in [6.45, 7) is 4.08. The lowest BCUT2D eigenvalue weighted by Gasteiger charge is -2.31. The van der Waals surface area contributed by atoms with E-state index in [1.54, 1.807) is 31.4 Å². The van der Waals surface area contributed by atoms with E-state index in [2.05, 4.69) is 10.0 Å². The van der Waals surface area contributed by atoms with Gasteiger partial charge in [-0.3, -0.25) is 13.9 Å². The van der Waals surface area contributed by atoms with Crippen molar-refractivity contribution in [3.8, 4) is 5.75 Å². The fourth-order valence-electron chi connectivity index (χ4n) is 4.13. The number of benzene rings is 1. The molecule has 0 spiro atoms. The van der Waals surface area contributed by atoms with Gasteiger partial charge in [-0.1, -0.05) is 31.1 Å². The lowest BCUT2D eigenvalue weighted by Crippen LogP contribution is -2.42. The van der Waals surface area contributed by atoms with Crippen LogP contribution in [0.3, 0.4) is 0 Å². The molecule has 1 aliphatic heterocycles. The number of azide groups is 1. The van der Waals surface area contributed by atoms with Crippen molar-refractivity contribution in [3.05, 3.63) is 73.4 Å². The van der Waals surface area contributed by atoms with Crippen LogP contribution >= 0.6 is 0 Å². The van der Waals surface area contributed by atoms with Gasteiger partial charge in [0.15, 0.2) is 6.23 Å². The third-order valence-corrected chi connectivity index (χ3v) is 6.16. The molecule has 1 aromatic carbocycles. The molecule has 1 saturated heterocycles. The smallest absolute Gasteiger partial charge is 0.333 e. The highest BCUT2D eigenvalue weighted by Gasteiger charge is 2.51. The van der Waals surface area contributed by atoms with Gasteiger partial charge in [-0.2, -0.15) is 0 Å². The summed E-state index contributed by atoms with van der Waals surface area (Å²) in [5.41, 5.74) is 7.58. The van der Waals surface area contributed by atoms with E-state index in [0.29, 0.717) is 18.6 Å². The molecule has 31 heavy (non-hydrogen) atoms. The molecule has 3 rings (SSSR count). The number of nitrogens with zero attached hydrogens (tertiary/aromatic N) is 5. The van der Waals surface area contributed by atoms with Crippen LogP contribution in [0.4, 0.5) is 0 Å². The van der Waals surface area contributed by atoms with Crippen molar-refractivity contribution in [1.82, 2.24) is 9.13 Å². The standard InChI is InChI=1S/C21H27N5O5/c1-4-21(10-11-23-24-22)14(2)18(28)19(31-21)25-12-9-17(27)26(20(25)29)13-15-5-7-16(30-3)8-6-15/h5-9,12,14,18-19,28H,4,10-11,13H2,1-3H3/t14-,18?,19-,21+/m1/s1. The van der Waals surface area contributed by atoms with Crippen molar-refractivity contribution in [2.45, 2.75) is 51.2 Å². The van der Waals surface area contributed by atoms with Crippen LogP contribution in [0, 0.1) is 5.92 Å². The molecular formula is C21H27N5O5. The van der Waals surface area contributed by atoms with Gasteiger partial charge >= 0.3 is 5.69 Å². The van der Waals surface area contributed by atoms with E-state index in [0.717, 1.165) is 10.1 Å². The number of hydrogen-bond donors (Lipinski definition) is 1. The van der Waals surface area contributed by atoms with E-state index >= 15 is 0 Å². The number of hydrogen-bond acceptors (Lipinski definition) is 6. The van der Waals surface area contributed by atoms with Crippen LogP contribution in [0.1, 0.15) is 38.5 Å². The highest BCUT2D eigenvalue weighted by atomic mass is 16.5. The Labute approximate surface area is 179 Å². The van der Waals surface area contributed by atoms with Crippen LogP contribution in [-0.2, 0) is 11.3 Å². The molecule has 2 aromatic rings. The third kappa shape index (κ3) is 4.36. The molecule has 1 fully saturated rings. The maximum atomic E-state index is 13.2. The van der Waals surface area contributed by atoms with Crippen LogP contribution in [0.15, 0.2) is 51.2 Å². The Kier molecular flexibility index (Phi) is 6.84. The zero-order valence-electron chi connectivity index (χ0n) is 17.8. The largest absolute Gasteiger partial charge is 0.497 e. The second kappa shape index (κ2) is 9.38. The number of ether oxygens (including phenoxy) is 2. The molecule has 10 nitrogen and oxygen atoms in total. The average molecular weight is 429 g/mol. The average Bonchev–Trinajstić information content (AvgIpc) is 3.03. The lowest BCUT2D eigenvalue weighted by molar-refractivity contribution is -0.0994. The summed E-state index contributed by atoms with van der Waals surface area (Å²) in [6.07, 6.45) is 0.437. The minimum atomic E-state index is -0.962.